The molecular weight excluding hydrogens is 370 g/mol. The van der Waals surface area contributed by atoms with Crippen molar-refractivity contribution in [2.45, 2.75) is 6.42 Å². The predicted octanol–water partition coefficient (Wildman–Crippen LogP) is 1.69. The van der Waals surface area contributed by atoms with Crippen LogP contribution >= 0.6 is 0 Å². The fraction of sp³-hybridized carbons (Fsp3) is 0.250. The lowest BCUT2D eigenvalue weighted by Crippen LogP contribution is -2.49. The minimum Gasteiger partial charge on any atom is -0.356 e. The molecule has 9 nitrogen and oxygen atoms in total. The number of anilines is 1. The standard InChI is InChI=1S/C20H19N7O2/c28-20(14-16-15-4-1-2-5-17(15)29-24-16)26-12-10-25(11-13-26)18-6-7-19(23-22-18)27-9-3-8-21-27/h1-9H,10-14H2. The Hall–Kier alpha value is -3.75. The highest BCUT2D eigenvalue weighted by atomic mass is 16.5. The maximum absolute atomic E-state index is 12.7. The number of carbonyl (C=O) groups is 1. The van der Waals surface area contributed by atoms with E-state index in [-0.39, 0.29) is 12.3 Å². The molecule has 4 aromatic rings. The van der Waals surface area contributed by atoms with Crippen molar-refractivity contribution in [1.82, 2.24) is 30.0 Å². The second-order valence-corrected chi connectivity index (χ2v) is 6.87. The monoisotopic (exact) mass is 389 g/mol. The van der Waals surface area contributed by atoms with Crippen molar-refractivity contribution >= 4 is 22.7 Å². The molecule has 0 aliphatic carbocycles. The van der Waals surface area contributed by atoms with E-state index in [1.165, 1.54) is 0 Å². The van der Waals surface area contributed by atoms with Crippen LogP contribution in [0.3, 0.4) is 0 Å². The maximum Gasteiger partial charge on any atom is 0.228 e. The molecule has 0 bridgehead atoms. The van der Waals surface area contributed by atoms with Gasteiger partial charge >= 0.3 is 0 Å². The van der Waals surface area contributed by atoms with Gasteiger partial charge in [0.25, 0.3) is 0 Å². The fourth-order valence-corrected chi connectivity index (χ4v) is 3.52. The van der Waals surface area contributed by atoms with Crippen molar-refractivity contribution in [1.29, 1.82) is 0 Å². The van der Waals surface area contributed by atoms with Gasteiger partial charge in [-0.3, -0.25) is 4.79 Å². The second-order valence-electron chi connectivity index (χ2n) is 6.87. The third-order valence-electron chi connectivity index (χ3n) is 5.10. The molecule has 0 N–H and O–H groups in total. The van der Waals surface area contributed by atoms with Gasteiger partial charge < -0.3 is 14.3 Å². The number of hydrogen-bond acceptors (Lipinski definition) is 7. The van der Waals surface area contributed by atoms with Gasteiger partial charge in [-0.1, -0.05) is 17.3 Å². The van der Waals surface area contributed by atoms with Gasteiger partial charge in [-0.25, -0.2) is 4.68 Å². The lowest BCUT2D eigenvalue weighted by atomic mass is 10.1. The zero-order valence-corrected chi connectivity index (χ0v) is 15.7. The molecule has 1 fully saturated rings. The zero-order valence-electron chi connectivity index (χ0n) is 15.7. The average Bonchev–Trinajstić information content (AvgIpc) is 3.45. The number of amides is 1. The van der Waals surface area contributed by atoms with Crippen LogP contribution < -0.4 is 4.90 Å². The summed E-state index contributed by atoms with van der Waals surface area (Å²) in [5.41, 5.74) is 1.39. The maximum atomic E-state index is 12.7. The summed E-state index contributed by atoms with van der Waals surface area (Å²) in [4.78, 5) is 16.7. The van der Waals surface area contributed by atoms with Crippen molar-refractivity contribution in [3.8, 4) is 5.82 Å². The van der Waals surface area contributed by atoms with Gasteiger partial charge in [0.15, 0.2) is 17.2 Å². The lowest BCUT2D eigenvalue weighted by Gasteiger charge is -2.35. The molecular formula is C20H19N7O2. The van der Waals surface area contributed by atoms with Crippen LogP contribution in [-0.2, 0) is 11.2 Å². The van der Waals surface area contributed by atoms with Crippen LogP contribution in [0.5, 0.6) is 0 Å². The van der Waals surface area contributed by atoms with Crippen molar-refractivity contribution in [2.24, 2.45) is 0 Å². The summed E-state index contributed by atoms with van der Waals surface area (Å²) >= 11 is 0. The predicted molar refractivity (Wildman–Crippen MR) is 106 cm³/mol. The first kappa shape index (κ1) is 17.4. The van der Waals surface area contributed by atoms with E-state index in [0.717, 1.165) is 11.2 Å². The molecule has 0 spiro atoms. The number of fused-ring (bicyclic) bond motifs is 1. The first-order valence-corrected chi connectivity index (χ1v) is 9.48. The minimum atomic E-state index is 0.0591. The van der Waals surface area contributed by atoms with Crippen LogP contribution in [0.4, 0.5) is 5.82 Å². The van der Waals surface area contributed by atoms with Crippen molar-refractivity contribution < 1.29 is 9.32 Å². The number of para-hydroxylation sites is 1. The summed E-state index contributed by atoms with van der Waals surface area (Å²) in [5, 5.41) is 17.7. The van der Waals surface area contributed by atoms with E-state index >= 15 is 0 Å². The Morgan fingerprint density at radius 3 is 2.52 bits per heavy atom. The molecule has 0 atom stereocenters. The van der Waals surface area contributed by atoms with E-state index in [4.69, 9.17) is 4.52 Å². The molecule has 1 aliphatic heterocycles. The highest BCUT2D eigenvalue weighted by molar-refractivity contribution is 5.86. The smallest absolute Gasteiger partial charge is 0.228 e. The molecule has 5 rings (SSSR count). The van der Waals surface area contributed by atoms with E-state index in [9.17, 15) is 4.79 Å². The lowest BCUT2D eigenvalue weighted by molar-refractivity contribution is -0.130. The van der Waals surface area contributed by atoms with Gasteiger partial charge in [0.1, 0.15) is 5.69 Å². The number of hydrogen-bond donors (Lipinski definition) is 0. The number of aromatic nitrogens is 5. The quantitative estimate of drug-likeness (QED) is 0.524. The highest BCUT2D eigenvalue weighted by Crippen LogP contribution is 2.19. The van der Waals surface area contributed by atoms with Gasteiger partial charge in [0.05, 0.1) is 6.42 Å². The molecule has 0 radical (unpaired) electrons. The van der Waals surface area contributed by atoms with Gasteiger partial charge in [-0.15, -0.1) is 10.2 Å². The first-order chi connectivity index (χ1) is 14.3. The number of carbonyl (C=O) groups excluding carboxylic acids is 1. The topological polar surface area (TPSA) is 93.2 Å². The van der Waals surface area contributed by atoms with Crippen molar-refractivity contribution in [3.05, 3.63) is 60.6 Å². The SMILES string of the molecule is O=C(Cc1noc2ccccc12)N1CCN(c2ccc(-n3cccn3)nn2)CC1. The summed E-state index contributed by atoms with van der Waals surface area (Å²) in [6.45, 7) is 2.69. The van der Waals surface area contributed by atoms with E-state index in [1.54, 1.807) is 10.9 Å². The summed E-state index contributed by atoms with van der Waals surface area (Å²) in [7, 11) is 0. The summed E-state index contributed by atoms with van der Waals surface area (Å²) < 4.78 is 6.97. The van der Waals surface area contributed by atoms with Crippen LogP contribution in [0.1, 0.15) is 5.69 Å². The Balaban J connectivity index is 1.20. The van der Waals surface area contributed by atoms with E-state index in [1.807, 2.05) is 53.6 Å². The molecule has 9 heteroatoms. The normalized spacial score (nSPS) is 14.5. The Morgan fingerprint density at radius 2 is 1.76 bits per heavy atom. The Kier molecular flexibility index (Phi) is 4.39. The Labute approximate surface area is 166 Å². The molecule has 0 saturated carbocycles. The Morgan fingerprint density at radius 1 is 0.966 bits per heavy atom. The van der Waals surface area contributed by atoms with Gasteiger partial charge in [-0.2, -0.15) is 5.10 Å². The third-order valence-corrected chi connectivity index (χ3v) is 5.10. The second kappa shape index (κ2) is 7.34. The van der Waals surface area contributed by atoms with Gasteiger partial charge in [0.2, 0.25) is 5.91 Å². The molecule has 1 aliphatic rings. The zero-order chi connectivity index (χ0) is 19.6. The van der Waals surface area contributed by atoms with E-state index < -0.39 is 0 Å². The van der Waals surface area contributed by atoms with Crippen LogP contribution in [0.25, 0.3) is 16.8 Å². The van der Waals surface area contributed by atoms with Crippen LogP contribution in [0, 0.1) is 0 Å². The molecule has 146 valence electrons. The van der Waals surface area contributed by atoms with Gasteiger partial charge in [0, 0.05) is 44.0 Å². The summed E-state index contributed by atoms with van der Waals surface area (Å²) in [6, 6.07) is 13.3. The minimum absolute atomic E-state index is 0.0591. The molecule has 1 amide bonds. The van der Waals surface area contributed by atoms with E-state index in [2.05, 4.69) is 25.4 Å². The Bertz CT molecular complexity index is 1110. The third kappa shape index (κ3) is 3.42. The average molecular weight is 389 g/mol. The highest BCUT2D eigenvalue weighted by Gasteiger charge is 2.23. The summed E-state index contributed by atoms with van der Waals surface area (Å²) in [5.74, 6) is 1.53. The summed E-state index contributed by atoms with van der Waals surface area (Å²) in [6.07, 6.45) is 3.77. The fourth-order valence-electron chi connectivity index (χ4n) is 3.52. The van der Waals surface area contributed by atoms with E-state index in [0.29, 0.717) is 43.3 Å². The van der Waals surface area contributed by atoms with Gasteiger partial charge in [-0.05, 0) is 30.3 Å². The van der Waals surface area contributed by atoms with Crippen molar-refractivity contribution in [2.75, 3.05) is 31.1 Å². The van der Waals surface area contributed by atoms with Crippen LogP contribution in [0.15, 0.2) is 59.4 Å². The molecule has 4 heterocycles. The molecule has 3 aromatic heterocycles. The number of benzene rings is 1. The number of piperazine rings is 1. The molecule has 1 aromatic carbocycles. The number of rotatable bonds is 4. The van der Waals surface area contributed by atoms with Crippen molar-refractivity contribution in [3.63, 3.8) is 0 Å². The number of nitrogens with zero attached hydrogens (tertiary/aromatic N) is 7. The first-order valence-electron chi connectivity index (χ1n) is 9.48. The molecule has 29 heavy (non-hydrogen) atoms. The van der Waals surface area contributed by atoms with Crippen LogP contribution in [-0.4, -0.2) is 62.1 Å². The largest absolute Gasteiger partial charge is 0.356 e. The molecule has 1 saturated heterocycles. The van der Waals surface area contributed by atoms with Crippen LogP contribution in [0.2, 0.25) is 0 Å². The molecule has 0 unspecified atom stereocenters.